The van der Waals surface area contributed by atoms with Crippen LogP contribution in [0.2, 0.25) is 0 Å². The van der Waals surface area contributed by atoms with Crippen molar-refractivity contribution in [2.24, 2.45) is 0 Å². The number of hydrogen-bond donors (Lipinski definition) is 0. The van der Waals surface area contributed by atoms with Gasteiger partial charge in [0.05, 0.1) is 0 Å². The number of nitrogens with zero attached hydrogens (tertiary/aromatic N) is 2. The number of likely N-dealkylation sites (N-methyl/N-ethyl adjacent to an activating group) is 1. The van der Waals surface area contributed by atoms with Crippen LogP contribution in [0.3, 0.4) is 0 Å². The van der Waals surface area contributed by atoms with E-state index in [1.165, 1.54) is 12.1 Å². The Kier molecular flexibility index (Phi) is 4.74. The molecule has 4 nitrogen and oxygen atoms in total. The molecule has 27 heavy (non-hydrogen) atoms. The fourth-order valence-electron chi connectivity index (χ4n) is 3.75. The van der Waals surface area contributed by atoms with Gasteiger partial charge in [-0.25, -0.2) is 0 Å². The first-order valence-corrected chi connectivity index (χ1v) is 8.97. The Balaban J connectivity index is 1.73. The van der Waals surface area contributed by atoms with Gasteiger partial charge < -0.3 is 14.4 Å². The smallest absolute Gasteiger partial charge is 0.457 e. The maximum Gasteiger partial charge on any atom is 0.573 e. The normalized spacial score (nSPS) is 21.0. The van der Waals surface area contributed by atoms with E-state index < -0.39 is 6.36 Å². The number of piperazine rings is 1. The summed E-state index contributed by atoms with van der Waals surface area (Å²) in [5, 5.41) is 0. The van der Waals surface area contributed by atoms with Gasteiger partial charge in [-0.1, -0.05) is 18.2 Å². The molecule has 2 aromatic carbocycles. The van der Waals surface area contributed by atoms with Crippen LogP contribution < -0.4 is 9.47 Å². The quantitative estimate of drug-likeness (QED) is 0.781. The summed E-state index contributed by atoms with van der Waals surface area (Å²) in [5.74, 6) is 1.12. The highest BCUT2D eigenvalue weighted by Crippen LogP contribution is 2.43. The second-order valence-electron chi connectivity index (χ2n) is 7.02. The Hall–Kier alpha value is -2.25. The summed E-state index contributed by atoms with van der Waals surface area (Å²) in [5.41, 5.74) is 1.79. The maximum absolute atomic E-state index is 12.7. The summed E-state index contributed by atoms with van der Waals surface area (Å²) in [6.07, 6.45) is -4.03. The van der Waals surface area contributed by atoms with Crippen molar-refractivity contribution < 1.29 is 22.6 Å². The Bertz CT molecular complexity index is 817. The fraction of sp³-hybridized carbons (Fsp3) is 0.400. The first-order chi connectivity index (χ1) is 12.9. The van der Waals surface area contributed by atoms with Crippen LogP contribution >= 0.6 is 0 Å². The van der Waals surface area contributed by atoms with E-state index in [-0.39, 0.29) is 11.8 Å². The lowest BCUT2D eigenvalue weighted by molar-refractivity contribution is -0.274. The molecule has 0 radical (unpaired) electrons. The van der Waals surface area contributed by atoms with Gasteiger partial charge in [0.15, 0.2) is 0 Å². The highest BCUT2D eigenvalue weighted by Gasteiger charge is 2.34. The van der Waals surface area contributed by atoms with Gasteiger partial charge in [-0.15, -0.1) is 13.2 Å². The van der Waals surface area contributed by atoms with Crippen LogP contribution in [0.4, 0.5) is 13.2 Å². The average molecular weight is 378 g/mol. The van der Waals surface area contributed by atoms with Crippen molar-refractivity contribution in [2.75, 3.05) is 33.2 Å². The zero-order valence-corrected chi connectivity index (χ0v) is 15.0. The highest BCUT2D eigenvalue weighted by atomic mass is 19.4. The molecule has 0 spiro atoms. The summed E-state index contributed by atoms with van der Waals surface area (Å²) in [6.45, 7) is 3.56. The molecule has 7 heteroatoms. The van der Waals surface area contributed by atoms with Gasteiger partial charge in [-0.05, 0) is 43.3 Å². The van der Waals surface area contributed by atoms with Gasteiger partial charge in [0.1, 0.15) is 17.2 Å². The van der Waals surface area contributed by atoms with Crippen molar-refractivity contribution in [3.05, 3.63) is 53.6 Å². The van der Waals surface area contributed by atoms with Crippen molar-refractivity contribution >= 4 is 0 Å². The molecule has 2 heterocycles. The van der Waals surface area contributed by atoms with Crippen molar-refractivity contribution in [1.29, 1.82) is 0 Å². The topological polar surface area (TPSA) is 24.9 Å². The Morgan fingerprint density at radius 3 is 2.48 bits per heavy atom. The van der Waals surface area contributed by atoms with Crippen LogP contribution in [-0.2, 0) is 6.42 Å². The highest BCUT2D eigenvalue weighted by molar-refractivity contribution is 5.49. The third-order valence-corrected chi connectivity index (χ3v) is 5.16. The fourth-order valence-corrected chi connectivity index (χ4v) is 3.75. The molecule has 4 rings (SSSR count). The number of halogens is 3. The third-order valence-electron chi connectivity index (χ3n) is 5.16. The van der Waals surface area contributed by atoms with Gasteiger partial charge in [0.25, 0.3) is 0 Å². The largest absolute Gasteiger partial charge is 0.573 e. The van der Waals surface area contributed by atoms with Crippen LogP contribution in [0.15, 0.2) is 42.5 Å². The Labute approximate surface area is 156 Å². The molecule has 1 unspecified atom stereocenters. The van der Waals surface area contributed by atoms with E-state index in [2.05, 4.69) is 21.6 Å². The molecule has 2 aliphatic rings. The molecule has 1 fully saturated rings. The molecule has 0 bridgehead atoms. The van der Waals surface area contributed by atoms with Crippen molar-refractivity contribution in [3.8, 4) is 17.2 Å². The molecular formula is C20H21F3N2O2. The number of rotatable bonds is 2. The molecule has 0 N–H and O–H groups in total. The van der Waals surface area contributed by atoms with E-state index in [4.69, 9.17) is 4.74 Å². The number of benzene rings is 2. The zero-order chi connectivity index (χ0) is 19.0. The number of ether oxygens (including phenoxy) is 2. The molecule has 2 aromatic rings. The second kappa shape index (κ2) is 7.05. The summed E-state index contributed by atoms with van der Waals surface area (Å²) in [7, 11) is 2.08. The molecule has 2 aliphatic heterocycles. The van der Waals surface area contributed by atoms with Gasteiger partial charge in [-0.2, -0.15) is 0 Å². The van der Waals surface area contributed by atoms with Gasteiger partial charge in [-0.3, -0.25) is 4.90 Å². The lowest BCUT2D eigenvalue weighted by Gasteiger charge is -2.38. The summed E-state index contributed by atoms with van der Waals surface area (Å²) >= 11 is 0. The molecular weight excluding hydrogens is 357 g/mol. The van der Waals surface area contributed by atoms with Crippen LogP contribution in [0.25, 0.3) is 0 Å². The zero-order valence-electron chi connectivity index (χ0n) is 15.0. The predicted octanol–water partition coefficient (Wildman–Crippen LogP) is 4.22. The number of alkyl halides is 3. The van der Waals surface area contributed by atoms with Crippen molar-refractivity contribution in [2.45, 2.75) is 18.8 Å². The molecule has 0 amide bonds. The molecule has 144 valence electrons. The Morgan fingerprint density at radius 2 is 1.74 bits per heavy atom. The average Bonchev–Trinajstić information content (AvgIpc) is 2.78. The predicted molar refractivity (Wildman–Crippen MR) is 95.2 cm³/mol. The minimum absolute atomic E-state index is 0.0610. The summed E-state index contributed by atoms with van der Waals surface area (Å²) in [4.78, 5) is 4.57. The van der Waals surface area contributed by atoms with Gasteiger partial charge in [0, 0.05) is 37.8 Å². The summed E-state index contributed by atoms with van der Waals surface area (Å²) in [6, 6.07) is 12.0. The molecule has 0 aromatic heterocycles. The van der Waals surface area contributed by atoms with E-state index in [0.717, 1.165) is 43.1 Å². The van der Waals surface area contributed by atoms with E-state index in [1.54, 1.807) is 6.07 Å². The van der Waals surface area contributed by atoms with Crippen LogP contribution in [0, 0.1) is 0 Å². The molecule has 0 aliphatic carbocycles. The number of hydrogen-bond acceptors (Lipinski definition) is 4. The first kappa shape index (κ1) is 18.1. The SMILES string of the molecule is CN1CCN(C2Cc3ccccc3Oc3ccc(OC(F)(F)F)cc32)CC1. The van der Waals surface area contributed by atoms with Crippen molar-refractivity contribution in [3.63, 3.8) is 0 Å². The number of para-hydroxylation sites is 1. The maximum atomic E-state index is 12.7. The van der Waals surface area contributed by atoms with Crippen LogP contribution in [0.5, 0.6) is 17.2 Å². The van der Waals surface area contributed by atoms with Crippen LogP contribution in [-0.4, -0.2) is 49.4 Å². The van der Waals surface area contributed by atoms with E-state index in [0.29, 0.717) is 12.2 Å². The molecule has 1 saturated heterocycles. The standard InChI is InChI=1S/C20H21F3N2O2/c1-24-8-10-25(11-9-24)17-12-14-4-2-3-5-18(14)26-19-7-6-15(13-16(17)19)27-20(21,22)23/h2-7,13,17H,8-12H2,1H3. The minimum atomic E-state index is -4.72. The Morgan fingerprint density at radius 1 is 1.00 bits per heavy atom. The van der Waals surface area contributed by atoms with Crippen molar-refractivity contribution in [1.82, 2.24) is 9.80 Å². The van der Waals surface area contributed by atoms with Gasteiger partial charge in [0.2, 0.25) is 0 Å². The summed E-state index contributed by atoms with van der Waals surface area (Å²) < 4.78 is 48.3. The van der Waals surface area contributed by atoms with E-state index in [9.17, 15) is 13.2 Å². The first-order valence-electron chi connectivity index (χ1n) is 8.97. The number of fused-ring (bicyclic) bond motifs is 2. The van der Waals surface area contributed by atoms with Gasteiger partial charge >= 0.3 is 6.36 Å². The molecule has 0 saturated carbocycles. The lowest BCUT2D eigenvalue weighted by Crippen LogP contribution is -2.46. The third kappa shape index (κ3) is 4.04. The van der Waals surface area contributed by atoms with E-state index in [1.807, 2.05) is 24.3 Å². The monoisotopic (exact) mass is 378 g/mol. The lowest BCUT2D eigenvalue weighted by atomic mass is 9.96. The minimum Gasteiger partial charge on any atom is -0.457 e. The van der Waals surface area contributed by atoms with Crippen LogP contribution in [0.1, 0.15) is 17.2 Å². The van der Waals surface area contributed by atoms with E-state index >= 15 is 0 Å². The molecule has 1 atom stereocenters. The second-order valence-corrected chi connectivity index (χ2v) is 7.02.